The lowest BCUT2D eigenvalue weighted by Gasteiger charge is -2.11. The Morgan fingerprint density at radius 2 is 1.85 bits per heavy atom. The zero-order valence-corrected chi connectivity index (χ0v) is 14.7. The number of carboxylic acid groups (broad SMARTS) is 1. The largest absolute Gasteiger partial charge is 0.506 e. The number of aromatic amines is 1. The number of nitrogens with two attached hydrogens (primary N) is 1. The number of nitrogen functional groups attached to an aromatic ring is 1. The summed E-state index contributed by atoms with van der Waals surface area (Å²) in [4.78, 5) is 19.0. The van der Waals surface area contributed by atoms with Crippen LogP contribution in [0.1, 0.15) is 10.4 Å². The maximum absolute atomic E-state index is 11.5. The van der Waals surface area contributed by atoms with Crippen LogP contribution in [0.15, 0.2) is 54.6 Å². The third-order valence-corrected chi connectivity index (χ3v) is 4.61. The molecule has 0 unspecified atom stereocenters. The minimum absolute atomic E-state index is 0.104. The van der Waals surface area contributed by atoms with Crippen molar-refractivity contribution in [1.29, 1.82) is 0 Å². The van der Waals surface area contributed by atoms with Gasteiger partial charge in [0.05, 0.1) is 27.3 Å². The summed E-state index contributed by atoms with van der Waals surface area (Å²) in [6.07, 6.45) is 0. The number of nitrogens with one attached hydrogen (secondary N) is 1. The number of carbonyl (C=O) groups is 1. The van der Waals surface area contributed by atoms with Crippen molar-refractivity contribution >= 4 is 34.4 Å². The van der Waals surface area contributed by atoms with Crippen molar-refractivity contribution in [1.82, 2.24) is 9.97 Å². The summed E-state index contributed by atoms with van der Waals surface area (Å²) < 4.78 is 0. The Balaban J connectivity index is 1.93. The first-order valence-corrected chi connectivity index (χ1v) is 8.42. The predicted octanol–water partition coefficient (Wildman–Crippen LogP) is 4.54. The highest BCUT2D eigenvalue weighted by Crippen LogP contribution is 2.40. The van der Waals surface area contributed by atoms with Crippen LogP contribution in [0.25, 0.3) is 33.4 Å². The third kappa shape index (κ3) is 2.96. The van der Waals surface area contributed by atoms with Crippen molar-refractivity contribution in [3.63, 3.8) is 0 Å². The quantitative estimate of drug-likeness (QED) is 0.417. The molecule has 4 rings (SSSR count). The highest BCUT2D eigenvalue weighted by Gasteiger charge is 2.17. The summed E-state index contributed by atoms with van der Waals surface area (Å²) in [7, 11) is 0. The number of benzene rings is 2. The van der Waals surface area contributed by atoms with Gasteiger partial charge in [0.25, 0.3) is 0 Å². The zero-order chi connectivity index (χ0) is 19.1. The number of aromatic hydroxyl groups is 1. The second kappa shape index (κ2) is 6.34. The minimum atomic E-state index is -1.04. The molecular weight excluding hydrogens is 366 g/mol. The molecule has 0 spiro atoms. The number of aromatic nitrogens is 2. The molecule has 2 aromatic heterocycles. The fourth-order valence-corrected chi connectivity index (χ4v) is 3.27. The van der Waals surface area contributed by atoms with E-state index >= 15 is 0 Å². The van der Waals surface area contributed by atoms with E-state index in [2.05, 4.69) is 9.97 Å². The molecule has 0 atom stereocenters. The number of H-pyrrole nitrogens is 1. The Morgan fingerprint density at radius 3 is 2.63 bits per heavy atom. The van der Waals surface area contributed by atoms with Crippen molar-refractivity contribution in [2.75, 3.05) is 5.73 Å². The average molecular weight is 380 g/mol. The summed E-state index contributed by atoms with van der Waals surface area (Å²) in [6.45, 7) is 0. The third-order valence-electron chi connectivity index (χ3n) is 4.32. The smallest absolute Gasteiger partial charge is 0.336 e. The second-order valence-electron chi connectivity index (χ2n) is 6.06. The van der Waals surface area contributed by atoms with Crippen LogP contribution in [0.3, 0.4) is 0 Å². The van der Waals surface area contributed by atoms with Crippen molar-refractivity contribution < 1.29 is 15.0 Å². The highest BCUT2D eigenvalue weighted by atomic mass is 35.5. The highest BCUT2D eigenvalue weighted by molar-refractivity contribution is 6.33. The van der Waals surface area contributed by atoms with Gasteiger partial charge in [-0.25, -0.2) is 9.78 Å². The fraction of sp³-hybridized carbons (Fsp3) is 0. The van der Waals surface area contributed by atoms with Gasteiger partial charge in [-0.3, -0.25) is 0 Å². The van der Waals surface area contributed by atoms with E-state index in [1.165, 1.54) is 6.07 Å². The molecule has 134 valence electrons. The van der Waals surface area contributed by atoms with E-state index in [1.54, 1.807) is 48.5 Å². The molecule has 5 N–H and O–H groups in total. The first-order valence-electron chi connectivity index (χ1n) is 8.05. The van der Waals surface area contributed by atoms with Gasteiger partial charge in [-0.1, -0.05) is 29.8 Å². The number of halogens is 1. The number of pyridine rings is 1. The molecule has 2 heterocycles. The molecule has 2 aromatic carbocycles. The van der Waals surface area contributed by atoms with Crippen molar-refractivity contribution in [2.45, 2.75) is 0 Å². The Labute approximate surface area is 158 Å². The van der Waals surface area contributed by atoms with Gasteiger partial charge in [0.15, 0.2) is 0 Å². The molecule has 0 saturated heterocycles. The first-order chi connectivity index (χ1) is 12.9. The lowest BCUT2D eigenvalue weighted by atomic mass is 9.97. The van der Waals surface area contributed by atoms with Crippen LogP contribution in [0.5, 0.6) is 5.75 Å². The van der Waals surface area contributed by atoms with Gasteiger partial charge in [0, 0.05) is 5.56 Å². The molecule has 4 aromatic rings. The van der Waals surface area contributed by atoms with E-state index in [9.17, 15) is 15.0 Å². The van der Waals surface area contributed by atoms with Gasteiger partial charge < -0.3 is 20.9 Å². The molecular formula is C20H14ClN3O3. The van der Waals surface area contributed by atoms with E-state index in [0.717, 1.165) is 5.52 Å². The van der Waals surface area contributed by atoms with E-state index in [0.29, 0.717) is 33.7 Å². The van der Waals surface area contributed by atoms with Gasteiger partial charge in [0.1, 0.15) is 11.6 Å². The number of phenolic OH excluding ortho intramolecular Hbond substituents is 1. The lowest BCUT2D eigenvalue weighted by Crippen LogP contribution is -1.99. The van der Waals surface area contributed by atoms with Crippen molar-refractivity contribution in [3.05, 3.63) is 65.2 Å². The summed E-state index contributed by atoms with van der Waals surface area (Å²) in [6, 6.07) is 15.1. The minimum Gasteiger partial charge on any atom is -0.506 e. The maximum atomic E-state index is 11.5. The molecule has 0 aliphatic heterocycles. The standard InChI is InChI=1S/C20H14ClN3O3/c21-14-8-10(11-3-1-2-4-12(11)20(26)27)7-13(19(14)25)16-9-17-15(23-16)5-6-18(22)24-17/h1-9,23,25H,(H2,22,24)(H,26,27). The number of nitrogens with zero attached hydrogens (tertiary/aromatic N) is 1. The van der Waals surface area contributed by atoms with Crippen LogP contribution in [-0.2, 0) is 0 Å². The van der Waals surface area contributed by atoms with Crippen LogP contribution in [0, 0.1) is 0 Å². The fourth-order valence-electron chi connectivity index (χ4n) is 3.05. The van der Waals surface area contributed by atoms with E-state index in [4.69, 9.17) is 17.3 Å². The molecule has 0 aliphatic carbocycles. The number of rotatable bonds is 3. The number of aromatic carboxylic acids is 1. The van der Waals surface area contributed by atoms with E-state index in [-0.39, 0.29) is 16.3 Å². The van der Waals surface area contributed by atoms with Crippen LogP contribution >= 0.6 is 11.6 Å². The monoisotopic (exact) mass is 379 g/mol. The number of phenols is 1. The number of fused-ring (bicyclic) bond motifs is 1. The van der Waals surface area contributed by atoms with Gasteiger partial charge in [-0.05, 0) is 47.5 Å². The second-order valence-corrected chi connectivity index (χ2v) is 6.46. The molecule has 0 amide bonds. The number of hydrogen-bond acceptors (Lipinski definition) is 4. The lowest BCUT2D eigenvalue weighted by molar-refractivity contribution is 0.0697. The summed E-state index contributed by atoms with van der Waals surface area (Å²) in [5, 5.41) is 20.0. The molecule has 0 saturated carbocycles. The van der Waals surface area contributed by atoms with Crippen LogP contribution in [0.4, 0.5) is 5.82 Å². The molecule has 6 nitrogen and oxygen atoms in total. The maximum Gasteiger partial charge on any atom is 0.336 e. The molecule has 7 heteroatoms. The normalized spacial score (nSPS) is 11.0. The van der Waals surface area contributed by atoms with Gasteiger partial charge in [0.2, 0.25) is 0 Å². The van der Waals surface area contributed by atoms with Crippen LogP contribution in [-0.4, -0.2) is 26.2 Å². The van der Waals surface area contributed by atoms with E-state index in [1.807, 2.05) is 0 Å². The van der Waals surface area contributed by atoms with Gasteiger partial charge in [-0.2, -0.15) is 0 Å². The molecule has 0 aliphatic rings. The molecule has 27 heavy (non-hydrogen) atoms. The summed E-state index contributed by atoms with van der Waals surface area (Å²) >= 11 is 6.23. The van der Waals surface area contributed by atoms with Gasteiger partial charge >= 0.3 is 5.97 Å². The zero-order valence-electron chi connectivity index (χ0n) is 13.9. The van der Waals surface area contributed by atoms with Gasteiger partial charge in [-0.15, -0.1) is 0 Å². The SMILES string of the molecule is Nc1ccc2[nH]c(-c3cc(-c4ccccc4C(=O)O)cc(Cl)c3O)cc2n1. The summed E-state index contributed by atoms with van der Waals surface area (Å²) in [5.74, 6) is -0.756. The number of anilines is 1. The predicted molar refractivity (Wildman–Crippen MR) is 105 cm³/mol. The first kappa shape index (κ1) is 16.9. The average Bonchev–Trinajstić information content (AvgIpc) is 3.06. The van der Waals surface area contributed by atoms with Crippen LogP contribution in [0.2, 0.25) is 5.02 Å². The molecule has 0 radical (unpaired) electrons. The number of carboxylic acids is 1. The Hall–Kier alpha value is -3.51. The Bertz CT molecular complexity index is 1200. The van der Waals surface area contributed by atoms with E-state index < -0.39 is 5.97 Å². The Morgan fingerprint density at radius 1 is 1.07 bits per heavy atom. The number of hydrogen-bond donors (Lipinski definition) is 4. The van der Waals surface area contributed by atoms with Crippen LogP contribution < -0.4 is 5.73 Å². The topological polar surface area (TPSA) is 112 Å². The van der Waals surface area contributed by atoms with Crippen molar-refractivity contribution in [2.24, 2.45) is 0 Å². The summed E-state index contributed by atoms with van der Waals surface area (Å²) in [5.41, 5.74) is 9.40. The molecule has 0 fully saturated rings. The van der Waals surface area contributed by atoms with Crippen molar-refractivity contribution in [3.8, 4) is 28.1 Å². The Kier molecular flexibility index (Phi) is 3.97. The molecule has 0 bridgehead atoms.